The zero-order valence-electron chi connectivity index (χ0n) is 12.5. The molecule has 1 N–H and O–H groups in total. The second-order valence-electron chi connectivity index (χ2n) is 5.75. The fourth-order valence-corrected chi connectivity index (χ4v) is 2.55. The molecule has 1 aromatic rings. The van der Waals surface area contributed by atoms with Gasteiger partial charge in [0.15, 0.2) is 0 Å². The van der Waals surface area contributed by atoms with Crippen LogP contribution >= 0.6 is 0 Å². The van der Waals surface area contributed by atoms with Crippen molar-refractivity contribution in [3.8, 4) is 5.75 Å². The quantitative estimate of drug-likeness (QED) is 0.922. The molecule has 4 heteroatoms. The van der Waals surface area contributed by atoms with Gasteiger partial charge in [-0.05, 0) is 37.5 Å². The van der Waals surface area contributed by atoms with E-state index in [2.05, 4.69) is 13.8 Å². The van der Waals surface area contributed by atoms with E-state index in [0.717, 1.165) is 17.5 Å². The lowest BCUT2D eigenvalue weighted by molar-refractivity contribution is -0.147. The van der Waals surface area contributed by atoms with Crippen LogP contribution in [-0.2, 0) is 16.0 Å². The van der Waals surface area contributed by atoms with Crippen molar-refractivity contribution < 1.29 is 14.6 Å². The van der Waals surface area contributed by atoms with Crippen molar-refractivity contribution >= 4 is 5.91 Å². The van der Waals surface area contributed by atoms with Crippen LogP contribution in [0.4, 0.5) is 0 Å². The van der Waals surface area contributed by atoms with Crippen molar-refractivity contribution in [1.82, 2.24) is 4.90 Å². The highest BCUT2D eigenvalue weighted by molar-refractivity contribution is 5.79. The first-order valence-corrected chi connectivity index (χ1v) is 7.13. The number of rotatable bonds is 3. The van der Waals surface area contributed by atoms with Crippen LogP contribution in [-0.4, -0.2) is 41.2 Å². The Balaban J connectivity index is 2.12. The van der Waals surface area contributed by atoms with Crippen molar-refractivity contribution in [3.63, 3.8) is 0 Å². The van der Waals surface area contributed by atoms with Gasteiger partial charge in [0.1, 0.15) is 5.75 Å². The van der Waals surface area contributed by atoms with E-state index in [9.17, 15) is 9.90 Å². The van der Waals surface area contributed by atoms with Gasteiger partial charge in [-0.1, -0.05) is 19.1 Å². The van der Waals surface area contributed by atoms with E-state index in [1.807, 2.05) is 24.0 Å². The highest BCUT2D eigenvalue weighted by atomic mass is 16.5. The minimum Gasteiger partial charge on any atom is -0.508 e. The van der Waals surface area contributed by atoms with Gasteiger partial charge >= 0.3 is 0 Å². The molecule has 0 spiro atoms. The Morgan fingerprint density at radius 1 is 1.50 bits per heavy atom. The van der Waals surface area contributed by atoms with Crippen LogP contribution in [0.15, 0.2) is 18.2 Å². The van der Waals surface area contributed by atoms with Gasteiger partial charge in [-0.15, -0.1) is 0 Å². The number of ether oxygens (including phenoxy) is 1. The van der Waals surface area contributed by atoms with Crippen LogP contribution in [0.3, 0.4) is 0 Å². The third kappa shape index (κ3) is 2.96. The summed E-state index contributed by atoms with van der Waals surface area (Å²) in [7, 11) is 0. The summed E-state index contributed by atoms with van der Waals surface area (Å²) in [6.45, 7) is 7.82. The van der Waals surface area contributed by atoms with Gasteiger partial charge < -0.3 is 14.7 Å². The Morgan fingerprint density at radius 3 is 2.90 bits per heavy atom. The predicted octanol–water partition coefficient (Wildman–Crippen LogP) is 2.27. The number of carbonyl (C=O) groups excluding carboxylic acids is 1. The Kier molecular flexibility index (Phi) is 4.33. The first kappa shape index (κ1) is 14.9. The number of hydrogen-bond donors (Lipinski definition) is 1. The fraction of sp³-hybridized carbons (Fsp3) is 0.562. The minimum atomic E-state index is -0.220. The summed E-state index contributed by atoms with van der Waals surface area (Å²) >= 11 is 0. The molecule has 1 saturated heterocycles. The van der Waals surface area contributed by atoms with Gasteiger partial charge in [-0.25, -0.2) is 0 Å². The van der Waals surface area contributed by atoms with Crippen LogP contribution in [0, 0.1) is 6.92 Å². The molecule has 0 radical (unpaired) electrons. The summed E-state index contributed by atoms with van der Waals surface area (Å²) in [6.07, 6.45) is 1.20. The second kappa shape index (κ2) is 5.83. The largest absolute Gasteiger partial charge is 0.508 e. The lowest BCUT2D eigenvalue weighted by Gasteiger charge is -2.44. The third-order valence-electron chi connectivity index (χ3n) is 4.22. The molecule has 1 unspecified atom stereocenters. The van der Waals surface area contributed by atoms with E-state index in [1.165, 1.54) is 0 Å². The minimum absolute atomic E-state index is 0.0981. The number of aryl methyl sites for hydroxylation is 1. The molecule has 1 atom stereocenters. The molecule has 1 fully saturated rings. The molecule has 1 amide bonds. The Morgan fingerprint density at radius 2 is 2.25 bits per heavy atom. The van der Waals surface area contributed by atoms with Gasteiger partial charge in [-0.2, -0.15) is 0 Å². The molecule has 0 saturated carbocycles. The maximum absolute atomic E-state index is 12.5. The Labute approximate surface area is 120 Å². The van der Waals surface area contributed by atoms with Gasteiger partial charge in [0, 0.05) is 6.54 Å². The highest BCUT2D eigenvalue weighted by Gasteiger charge is 2.36. The Hall–Kier alpha value is -1.55. The number of carbonyl (C=O) groups is 1. The average Bonchev–Trinajstić information content (AvgIpc) is 2.43. The normalized spacial score (nSPS) is 22.9. The van der Waals surface area contributed by atoms with Gasteiger partial charge in [0.05, 0.1) is 25.2 Å². The van der Waals surface area contributed by atoms with Crippen molar-refractivity contribution in [2.75, 3.05) is 19.8 Å². The molecular weight excluding hydrogens is 254 g/mol. The van der Waals surface area contributed by atoms with Crippen molar-refractivity contribution in [2.24, 2.45) is 0 Å². The number of phenols is 1. The third-order valence-corrected chi connectivity index (χ3v) is 4.22. The molecule has 1 aliphatic rings. The van der Waals surface area contributed by atoms with Crippen LogP contribution in [0.2, 0.25) is 0 Å². The molecule has 2 rings (SSSR count). The van der Waals surface area contributed by atoms with E-state index in [0.29, 0.717) is 26.2 Å². The summed E-state index contributed by atoms with van der Waals surface area (Å²) in [5.74, 6) is 0.344. The first-order valence-electron chi connectivity index (χ1n) is 7.13. The maximum atomic E-state index is 12.5. The zero-order chi connectivity index (χ0) is 14.8. The molecule has 1 aromatic carbocycles. The van der Waals surface area contributed by atoms with Crippen LogP contribution in [0.25, 0.3) is 0 Å². The number of amides is 1. The summed E-state index contributed by atoms with van der Waals surface area (Å²) < 4.78 is 5.51. The number of aromatic hydroxyl groups is 1. The summed E-state index contributed by atoms with van der Waals surface area (Å²) in [5.41, 5.74) is 1.45. The predicted molar refractivity (Wildman–Crippen MR) is 77.8 cm³/mol. The second-order valence-corrected chi connectivity index (χ2v) is 5.75. The maximum Gasteiger partial charge on any atom is 0.227 e. The molecule has 1 heterocycles. The summed E-state index contributed by atoms with van der Waals surface area (Å²) in [4.78, 5) is 14.5. The van der Waals surface area contributed by atoms with Crippen LogP contribution in [0.1, 0.15) is 31.4 Å². The lowest BCUT2D eigenvalue weighted by atomic mass is 9.95. The summed E-state index contributed by atoms with van der Waals surface area (Å²) in [5, 5.41) is 9.73. The molecule has 20 heavy (non-hydrogen) atoms. The number of morpholine rings is 1. The molecular formula is C16H23NO3. The average molecular weight is 277 g/mol. The monoisotopic (exact) mass is 277 g/mol. The molecule has 0 aliphatic carbocycles. The van der Waals surface area contributed by atoms with Gasteiger partial charge in [0.25, 0.3) is 0 Å². The van der Waals surface area contributed by atoms with E-state index in [-0.39, 0.29) is 17.2 Å². The number of hydrogen-bond acceptors (Lipinski definition) is 3. The number of benzene rings is 1. The fourth-order valence-electron chi connectivity index (χ4n) is 2.55. The van der Waals surface area contributed by atoms with Gasteiger partial charge in [-0.3, -0.25) is 4.79 Å². The van der Waals surface area contributed by atoms with Gasteiger partial charge in [0.2, 0.25) is 5.91 Å². The van der Waals surface area contributed by atoms with E-state index in [1.54, 1.807) is 6.07 Å². The van der Waals surface area contributed by atoms with Crippen LogP contribution in [0.5, 0.6) is 5.75 Å². The van der Waals surface area contributed by atoms with Crippen molar-refractivity contribution in [1.29, 1.82) is 0 Å². The zero-order valence-corrected chi connectivity index (χ0v) is 12.5. The topological polar surface area (TPSA) is 49.8 Å². The number of phenolic OH excluding ortho intramolecular Hbond substituents is 1. The summed E-state index contributed by atoms with van der Waals surface area (Å²) in [6, 6.07) is 5.42. The van der Waals surface area contributed by atoms with Crippen LogP contribution < -0.4 is 0 Å². The molecule has 0 aromatic heterocycles. The first-order chi connectivity index (χ1) is 9.46. The van der Waals surface area contributed by atoms with Crippen molar-refractivity contribution in [3.05, 3.63) is 29.3 Å². The molecule has 1 aliphatic heterocycles. The molecule has 0 bridgehead atoms. The number of nitrogens with zero attached hydrogens (tertiary/aromatic N) is 1. The van der Waals surface area contributed by atoms with Crippen molar-refractivity contribution in [2.45, 2.75) is 39.2 Å². The molecule has 4 nitrogen and oxygen atoms in total. The van der Waals surface area contributed by atoms with E-state index < -0.39 is 0 Å². The van der Waals surface area contributed by atoms with E-state index in [4.69, 9.17) is 4.74 Å². The highest BCUT2D eigenvalue weighted by Crippen LogP contribution is 2.25. The lowest BCUT2D eigenvalue weighted by Crippen LogP contribution is -2.57. The standard InChI is InChI=1S/C16H23NO3/c1-4-16(3)11-20-8-7-17(16)15(19)10-13-6-5-12(2)14(18)9-13/h5-6,9,18H,4,7-8,10-11H2,1-3H3. The smallest absolute Gasteiger partial charge is 0.227 e. The molecule has 110 valence electrons. The van der Waals surface area contributed by atoms with E-state index >= 15 is 0 Å². The SMILES string of the molecule is CCC1(C)COCCN1C(=O)Cc1ccc(C)c(O)c1. The Bertz CT molecular complexity index is 500.